The summed E-state index contributed by atoms with van der Waals surface area (Å²) in [5.41, 5.74) is 0.675. The first-order valence-electron chi connectivity index (χ1n) is 8.04. The van der Waals surface area contributed by atoms with Crippen molar-refractivity contribution in [3.8, 4) is 5.75 Å². The van der Waals surface area contributed by atoms with E-state index in [1.807, 2.05) is 23.1 Å². The van der Waals surface area contributed by atoms with Gasteiger partial charge >= 0.3 is 0 Å². The van der Waals surface area contributed by atoms with Crippen LogP contribution in [0.4, 0.5) is 0 Å². The van der Waals surface area contributed by atoms with E-state index in [1.54, 1.807) is 13.2 Å². The van der Waals surface area contributed by atoms with Gasteiger partial charge in [0.1, 0.15) is 5.75 Å². The highest BCUT2D eigenvalue weighted by Crippen LogP contribution is 2.25. The summed E-state index contributed by atoms with van der Waals surface area (Å²) in [6.45, 7) is 3.13. The number of carbonyl (C=O) groups excluding carboxylic acids is 1. The predicted octanol–water partition coefficient (Wildman–Crippen LogP) is 1.37. The first kappa shape index (κ1) is 15.3. The van der Waals surface area contributed by atoms with Gasteiger partial charge in [0.25, 0.3) is 5.91 Å². The molecule has 1 saturated carbocycles. The Hall–Kier alpha value is -1.59. The van der Waals surface area contributed by atoms with Crippen LogP contribution in [-0.2, 0) is 0 Å². The second kappa shape index (κ2) is 6.67. The molecule has 0 unspecified atom stereocenters. The Morgan fingerprint density at radius 3 is 2.64 bits per heavy atom. The molecular weight excluding hydrogens is 280 g/mol. The lowest BCUT2D eigenvalue weighted by Crippen LogP contribution is -2.53. The van der Waals surface area contributed by atoms with Crippen LogP contribution in [0.1, 0.15) is 29.6 Å². The standard InChI is InChI=1S/C17H24N2O3/c1-22-14-5-2-4-13(12-14)17(21)19-10-8-18(9-11-19)15-6-3-7-16(15)20/h2,4-5,12,15-16,20H,3,6-11H2,1H3/t15-,16+/m0/s1. The third-order valence-electron chi connectivity index (χ3n) is 4.83. The molecule has 3 rings (SSSR count). The van der Waals surface area contributed by atoms with Crippen molar-refractivity contribution in [3.05, 3.63) is 29.8 Å². The van der Waals surface area contributed by atoms with Crippen molar-refractivity contribution in [1.82, 2.24) is 9.80 Å². The third-order valence-corrected chi connectivity index (χ3v) is 4.83. The number of hydrogen-bond acceptors (Lipinski definition) is 4. The van der Waals surface area contributed by atoms with Gasteiger partial charge in [0.15, 0.2) is 0 Å². The van der Waals surface area contributed by atoms with Crippen molar-refractivity contribution in [3.63, 3.8) is 0 Å². The van der Waals surface area contributed by atoms with Crippen LogP contribution in [0.15, 0.2) is 24.3 Å². The Balaban J connectivity index is 1.59. The zero-order valence-corrected chi connectivity index (χ0v) is 13.1. The second-order valence-corrected chi connectivity index (χ2v) is 6.13. The summed E-state index contributed by atoms with van der Waals surface area (Å²) in [6, 6.07) is 7.59. The Kier molecular flexibility index (Phi) is 4.64. The van der Waals surface area contributed by atoms with Gasteiger partial charge in [-0.15, -0.1) is 0 Å². The molecule has 5 nitrogen and oxygen atoms in total. The largest absolute Gasteiger partial charge is 0.497 e. The molecule has 2 fully saturated rings. The quantitative estimate of drug-likeness (QED) is 0.916. The molecule has 5 heteroatoms. The average molecular weight is 304 g/mol. The SMILES string of the molecule is COc1cccc(C(=O)N2CCN([C@H]3CCC[C@H]3O)CC2)c1. The summed E-state index contributed by atoms with van der Waals surface area (Å²) in [5, 5.41) is 10.0. The molecule has 0 bridgehead atoms. The summed E-state index contributed by atoms with van der Waals surface area (Å²) in [6.07, 6.45) is 2.90. The number of piperazine rings is 1. The maximum Gasteiger partial charge on any atom is 0.254 e. The molecule has 1 amide bonds. The topological polar surface area (TPSA) is 53.0 Å². The number of ether oxygens (including phenoxy) is 1. The maximum atomic E-state index is 12.6. The monoisotopic (exact) mass is 304 g/mol. The number of nitrogens with zero attached hydrogens (tertiary/aromatic N) is 2. The highest BCUT2D eigenvalue weighted by Gasteiger charge is 2.33. The van der Waals surface area contributed by atoms with Crippen molar-refractivity contribution >= 4 is 5.91 Å². The molecular formula is C17H24N2O3. The van der Waals surface area contributed by atoms with Crippen molar-refractivity contribution in [2.24, 2.45) is 0 Å². The lowest BCUT2D eigenvalue weighted by molar-refractivity contribution is 0.0315. The van der Waals surface area contributed by atoms with Crippen molar-refractivity contribution in [1.29, 1.82) is 0 Å². The molecule has 1 aromatic carbocycles. The molecule has 2 aliphatic rings. The number of aliphatic hydroxyl groups is 1. The van der Waals surface area contributed by atoms with Crippen molar-refractivity contribution in [2.75, 3.05) is 33.3 Å². The maximum absolute atomic E-state index is 12.6. The normalized spacial score (nSPS) is 26.2. The first-order chi connectivity index (χ1) is 10.7. The number of carbonyl (C=O) groups is 1. The molecule has 22 heavy (non-hydrogen) atoms. The molecule has 0 radical (unpaired) electrons. The van der Waals surface area contributed by atoms with Gasteiger partial charge in [-0.1, -0.05) is 6.07 Å². The van der Waals surface area contributed by atoms with E-state index in [9.17, 15) is 9.90 Å². The van der Waals surface area contributed by atoms with Crippen LogP contribution in [-0.4, -0.2) is 66.2 Å². The molecule has 1 aliphatic heterocycles. The Labute approximate surface area is 131 Å². The molecule has 1 aliphatic carbocycles. The van der Waals surface area contributed by atoms with Crippen molar-refractivity contribution in [2.45, 2.75) is 31.4 Å². The van der Waals surface area contributed by atoms with E-state index in [0.29, 0.717) is 11.3 Å². The molecule has 1 aromatic rings. The third kappa shape index (κ3) is 3.10. The Morgan fingerprint density at radius 1 is 1.23 bits per heavy atom. The highest BCUT2D eigenvalue weighted by molar-refractivity contribution is 5.94. The molecule has 0 spiro atoms. The minimum Gasteiger partial charge on any atom is -0.497 e. The number of benzene rings is 1. The van der Waals surface area contributed by atoms with Gasteiger partial charge < -0.3 is 14.7 Å². The summed E-state index contributed by atoms with van der Waals surface area (Å²) in [7, 11) is 1.61. The Bertz CT molecular complexity index is 526. The summed E-state index contributed by atoms with van der Waals surface area (Å²) >= 11 is 0. The van der Waals surface area contributed by atoms with E-state index in [-0.39, 0.29) is 18.1 Å². The van der Waals surface area contributed by atoms with Crippen molar-refractivity contribution < 1.29 is 14.6 Å². The average Bonchev–Trinajstić information content (AvgIpc) is 3.00. The lowest BCUT2D eigenvalue weighted by Gasteiger charge is -2.39. The fourth-order valence-electron chi connectivity index (χ4n) is 3.54. The van der Waals surface area contributed by atoms with Gasteiger partial charge in [0.05, 0.1) is 13.2 Å². The van der Waals surface area contributed by atoms with E-state index in [4.69, 9.17) is 4.74 Å². The van der Waals surface area contributed by atoms with Gasteiger partial charge in [-0.25, -0.2) is 0 Å². The fourth-order valence-corrected chi connectivity index (χ4v) is 3.54. The minimum atomic E-state index is -0.194. The molecule has 120 valence electrons. The number of hydrogen-bond donors (Lipinski definition) is 1. The first-order valence-corrected chi connectivity index (χ1v) is 8.04. The van der Waals surface area contributed by atoms with Gasteiger partial charge in [-0.3, -0.25) is 9.69 Å². The molecule has 2 atom stereocenters. The number of rotatable bonds is 3. The van der Waals surface area contributed by atoms with E-state index in [0.717, 1.165) is 45.4 Å². The highest BCUT2D eigenvalue weighted by atomic mass is 16.5. The summed E-state index contributed by atoms with van der Waals surface area (Å²) in [5.74, 6) is 0.768. The van der Waals surface area contributed by atoms with E-state index < -0.39 is 0 Å². The number of methoxy groups -OCH3 is 1. The van der Waals surface area contributed by atoms with Crippen LogP contribution in [0.5, 0.6) is 5.75 Å². The van der Waals surface area contributed by atoms with Gasteiger partial charge in [0.2, 0.25) is 0 Å². The molecule has 1 heterocycles. The smallest absolute Gasteiger partial charge is 0.254 e. The zero-order valence-electron chi connectivity index (χ0n) is 13.1. The molecule has 1 N–H and O–H groups in total. The van der Waals surface area contributed by atoms with Crippen LogP contribution >= 0.6 is 0 Å². The fraction of sp³-hybridized carbons (Fsp3) is 0.588. The van der Waals surface area contributed by atoms with Gasteiger partial charge in [-0.05, 0) is 37.5 Å². The van der Waals surface area contributed by atoms with Crippen LogP contribution in [0.25, 0.3) is 0 Å². The van der Waals surface area contributed by atoms with E-state index >= 15 is 0 Å². The number of aliphatic hydroxyl groups excluding tert-OH is 1. The summed E-state index contributed by atoms with van der Waals surface area (Å²) in [4.78, 5) is 16.8. The predicted molar refractivity (Wildman–Crippen MR) is 84.1 cm³/mol. The van der Waals surface area contributed by atoms with Crippen LogP contribution in [0.2, 0.25) is 0 Å². The van der Waals surface area contributed by atoms with Crippen LogP contribution < -0.4 is 4.74 Å². The second-order valence-electron chi connectivity index (χ2n) is 6.13. The molecule has 1 saturated heterocycles. The zero-order chi connectivity index (χ0) is 15.5. The van der Waals surface area contributed by atoms with Crippen LogP contribution in [0, 0.1) is 0 Å². The lowest BCUT2D eigenvalue weighted by atomic mass is 10.1. The van der Waals surface area contributed by atoms with Gasteiger partial charge in [0, 0.05) is 37.8 Å². The Morgan fingerprint density at radius 2 is 2.00 bits per heavy atom. The van der Waals surface area contributed by atoms with E-state index in [2.05, 4.69) is 4.90 Å². The molecule has 0 aromatic heterocycles. The van der Waals surface area contributed by atoms with E-state index in [1.165, 1.54) is 0 Å². The van der Waals surface area contributed by atoms with Crippen LogP contribution in [0.3, 0.4) is 0 Å². The number of amides is 1. The van der Waals surface area contributed by atoms with Gasteiger partial charge in [-0.2, -0.15) is 0 Å². The minimum absolute atomic E-state index is 0.0607. The summed E-state index contributed by atoms with van der Waals surface area (Å²) < 4.78 is 5.18.